The lowest BCUT2D eigenvalue weighted by Gasteiger charge is -2.25. The summed E-state index contributed by atoms with van der Waals surface area (Å²) in [5.41, 5.74) is -0.923. The first-order chi connectivity index (χ1) is 8.24. The van der Waals surface area contributed by atoms with Crippen LogP contribution >= 0.6 is 46.4 Å². The van der Waals surface area contributed by atoms with E-state index in [4.69, 9.17) is 46.4 Å². The van der Waals surface area contributed by atoms with Gasteiger partial charge in [0.15, 0.2) is 0 Å². The van der Waals surface area contributed by atoms with Gasteiger partial charge in [0.25, 0.3) is 0 Å². The molecule has 1 rings (SSSR count). The van der Waals surface area contributed by atoms with E-state index in [9.17, 15) is 8.42 Å². The van der Waals surface area contributed by atoms with Gasteiger partial charge in [-0.05, 0) is 25.1 Å². The number of halogens is 4. The standard InChI is InChI=1S/C10H11Cl4NO2S/c1-10(5-11,6-12)15-18(16,17)7-2-3-8(13)9(14)4-7/h2-4,15H,5-6H2,1H3. The second-order valence-corrected chi connectivity index (χ2v) is 7.04. The number of alkyl halides is 2. The summed E-state index contributed by atoms with van der Waals surface area (Å²) in [5, 5.41) is 0.450. The van der Waals surface area contributed by atoms with Crippen molar-refractivity contribution in [1.82, 2.24) is 4.72 Å². The van der Waals surface area contributed by atoms with Crippen molar-refractivity contribution in [2.24, 2.45) is 0 Å². The molecule has 0 aliphatic rings. The Balaban J connectivity index is 3.10. The van der Waals surface area contributed by atoms with E-state index >= 15 is 0 Å². The van der Waals surface area contributed by atoms with Crippen LogP contribution in [-0.4, -0.2) is 25.7 Å². The zero-order valence-corrected chi connectivity index (χ0v) is 13.2. The fourth-order valence-corrected chi connectivity index (χ4v) is 3.49. The highest BCUT2D eigenvalue weighted by Gasteiger charge is 2.29. The molecule has 0 bridgehead atoms. The van der Waals surface area contributed by atoms with E-state index < -0.39 is 15.6 Å². The minimum atomic E-state index is -3.74. The summed E-state index contributed by atoms with van der Waals surface area (Å²) in [6.45, 7) is 1.61. The highest BCUT2D eigenvalue weighted by atomic mass is 35.5. The maximum absolute atomic E-state index is 12.1. The van der Waals surface area contributed by atoms with Crippen LogP contribution in [0, 0.1) is 0 Å². The van der Waals surface area contributed by atoms with Crippen LogP contribution in [0.2, 0.25) is 10.0 Å². The molecule has 0 fully saturated rings. The molecule has 0 spiro atoms. The van der Waals surface area contributed by atoms with E-state index in [-0.39, 0.29) is 26.7 Å². The molecule has 0 amide bonds. The lowest BCUT2D eigenvalue weighted by molar-refractivity contribution is 0.500. The molecule has 0 aliphatic carbocycles. The zero-order chi connectivity index (χ0) is 14.0. The van der Waals surface area contributed by atoms with Crippen molar-refractivity contribution >= 4 is 56.4 Å². The van der Waals surface area contributed by atoms with Gasteiger partial charge in [-0.1, -0.05) is 23.2 Å². The molecule has 0 unspecified atom stereocenters. The molecule has 1 aromatic rings. The molecule has 1 aromatic carbocycles. The maximum Gasteiger partial charge on any atom is 0.241 e. The van der Waals surface area contributed by atoms with Gasteiger partial charge in [-0.3, -0.25) is 0 Å². The van der Waals surface area contributed by atoms with E-state index in [0.29, 0.717) is 0 Å². The van der Waals surface area contributed by atoms with Crippen molar-refractivity contribution in [3.8, 4) is 0 Å². The van der Waals surface area contributed by atoms with Gasteiger partial charge in [0.1, 0.15) is 0 Å². The average Bonchev–Trinajstić information content (AvgIpc) is 2.32. The number of benzene rings is 1. The third kappa shape index (κ3) is 3.89. The third-order valence-electron chi connectivity index (χ3n) is 2.17. The Hall–Kier alpha value is 0.290. The third-order valence-corrected chi connectivity index (χ3v) is 5.73. The minimum absolute atomic E-state index is 0.0124. The zero-order valence-electron chi connectivity index (χ0n) is 9.38. The molecule has 0 aliphatic heterocycles. The highest BCUT2D eigenvalue weighted by Crippen LogP contribution is 2.25. The lowest BCUT2D eigenvalue weighted by atomic mass is 10.1. The first-order valence-electron chi connectivity index (χ1n) is 4.85. The molecule has 0 radical (unpaired) electrons. The van der Waals surface area contributed by atoms with Crippen LogP contribution < -0.4 is 4.72 Å². The summed E-state index contributed by atoms with van der Waals surface area (Å²) in [7, 11) is -3.74. The van der Waals surface area contributed by atoms with Crippen LogP contribution in [0.15, 0.2) is 23.1 Å². The van der Waals surface area contributed by atoms with Gasteiger partial charge in [-0.2, -0.15) is 0 Å². The quantitative estimate of drug-likeness (QED) is 0.826. The number of sulfonamides is 1. The summed E-state index contributed by atoms with van der Waals surface area (Å²) in [4.78, 5) is 0.0124. The van der Waals surface area contributed by atoms with E-state index in [1.807, 2.05) is 0 Å². The van der Waals surface area contributed by atoms with Crippen LogP contribution in [0.4, 0.5) is 0 Å². The molecule has 102 valence electrons. The highest BCUT2D eigenvalue weighted by molar-refractivity contribution is 7.89. The van der Waals surface area contributed by atoms with E-state index in [1.54, 1.807) is 6.92 Å². The molecule has 0 atom stereocenters. The Bertz CT molecular complexity index is 529. The predicted molar refractivity (Wildman–Crippen MR) is 76.6 cm³/mol. The molecule has 8 heteroatoms. The Morgan fingerprint density at radius 3 is 2.17 bits per heavy atom. The van der Waals surface area contributed by atoms with Gasteiger partial charge in [0.05, 0.1) is 20.5 Å². The van der Waals surface area contributed by atoms with Crippen molar-refractivity contribution in [3.05, 3.63) is 28.2 Å². The number of nitrogens with one attached hydrogen (secondary N) is 1. The van der Waals surface area contributed by atoms with Crippen molar-refractivity contribution in [2.75, 3.05) is 11.8 Å². The summed E-state index contributed by atoms with van der Waals surface area (Å²) < 4.78 is 26.6. The van der Waals surface area contributed by atoms with Gasteiger partial charge in [0, 0.05) is 11.8 Å². The molecule has 0 aromatic heterocycles. The molecule has 0 saturated carbocycles. The molecule has 3 nitrogen and oxygen atoms in total. The van der Waals surface area contributed by atoms with Crippen LogP contribution in [0.1, 0.15) is 6.92 Å². The van der Waals surface area contributed by atoms with E-state index in [1.165, 1.54) is 18.2 Å². The van der Waals surface area contributed by atoms with Crippen LogP contribution in [0.5, 0.6) is 0 Å². The summed E-state index contributed by atoms with van der Waals surface area (Å²) in [5.74, 6) is 0.105. The van der Waals surface area contributed by atoms with Gasteiger partial charge < -0.3 is 0 Å². The number of hydrogen-bond donors (Lipinski definition) is 1. The van der Waals surface area contributed by atoms with Crippen LogP contribution in [0.3, 0.4) is 0 Å². The lowest BCUT2D eigenvalue weighted by Crippen LogP contribution is -2.49. The summed E-state index contributed by atoms with van der Waals surface area (Å²) in [6.07, 6.45) is 0. The van der Waals surface area contributed by atoms with Gasteiger partial charge >= 0.3 is 0 Å². The molecule has 18 heavy (non-hydrogen) atoms. The molecule has 1 N–H and O–H groups in total. The summed E-state index contributed by atoms with van der Waals surface area (Å²) in [6, 6.07) is 4.05. The van der Waals surface area contributed by atoms with Gasteiger partial charge in [-0.15, -0.1) is 23.2 Å². The van der Waals surface area contributed by atoms with Crippen molar-refractivity contribution in [1.29, 1.82) is 0 Å². The SMILES string of the molecule is CC(CCl)(CCl)NS(=O)(=O)c1ccc(Cl)c(Cl)c1. The Morgan fingerprint density at radius 2 is 1.72 bits per heavy atom. The smallest absolute Gasteiger partial charge is 0.207 e. The van der Waals surface area contributed by atoms with Crippen molar-refractivity contribution in [3.63, 3.8) is 0 Å². The monoisotopic (exact) mass is 349 g/mol. The van der Waals surface area contributed by atoms with Gasteiger partial charge in [-0.25, -0.2) is 13.1 Å². The van der Waals surface area contributed by atoms with Crippen LogP contribution in [0.25, 0.3) is 0 Å². The number of hydrogen-bond acceptors (Lipinski definition) is 2. The largest absolute Gasteiger partial charge is 0.241 e. The maximum atomic E-state index is 12.1. The Kier molecular flexibility index (Phi) is 5.59. The van der Waals surface area contributed by atoms with Crippen molar-refractivity contribution < 1.29 is 8.42 Å². The topological polar surface area (TPSA) is 46.2 Å². The van der Waals surface area contributed by atoms with Crippen LogP contribution in [-0.2, 0) is 10.0 Å². The minimum Gasteiger partial charge on any atom is -0.207 e. The van der Waals surface area contributed by atoms with E-state index in [2.05, 4.69) is 4.72 Å². The van der Waals surface area contributed by atoms with Crippen molar-refractivity contribution in [2.45, 2.75) is 17.4 Å². The molecular formula is C10H11Cl4NO2S. The predicted octanol–water partition coefficient (Wildman–Crippen LogP) is 3.51. The molecular weight excluding hydrogens is 340 g/mol. The Morgan fingerprint density at radius 1 is 1.17 bits per heavy atom. The first-order valence-corrected chi connectivity index (χ1v) is 8.16. The fourth-order valence-electron chi connectivity index (χ4n) is 1.12. The summed E-state index contributed by atoms with van der Waals surface area (Å²) >= 11 is 22.9. The second-order valence-electron chi connectivity index (χ2n) is 4.01. The normalized spacial score (nSPS) is 12.7. The van der Waals surface area contributed by atoms with Gasteiger partial charge in [0.2, 0.25) is 10.0 Å². The fraction of sp³-hybridized carbons (Fsp3) is 0.400. The average molecular weight is 351 g/mol. The number of rotatable bonds is 5. The second kappa shape index (κ2) is 6.16. The molecule has 0 saturated heterocycles. The Labute approximate surface area is 126 Å². The molecule has 0 heterocycles. The van der Waals surface area contributed by atoms with E-state index in [0.717, 1.165) is 0 Å². The first kappa shape index (κ1) is 16.3.